The Kier molecular flexibility index (Phi) is 5.26. The van der Waals surface area contributed by atoms with Crippen molar-refractivity contribution in [2.45, 2.75) is 63.1 Å². The molecule has 0 amide bonds. The van der Waals surface area contributed by atoms with Crippen LogP contribution < -0.4 is 0 Å². The zero-order valence-corrected chi connectivity index (χ0v) is 18.6. The summed E-state index contributed by atoms with van der Waals surface area (Å²) in [5.74, 6) is 1.86. The number of hydrogen-bond acceptors (Lipinski definition) is 7. The van der Waals surface area contributed by atoms with Gasteiger partial charge in [-0.15, -0.1) is 21.5 Å². The molecule has 1 aliphatic heterocycles. The molecule has 4 rings (SSSR count). The lowest BCUT2D eigenvalue weighted by atomic mass is 9.94. The highest BCUT2D eigenvalue weighted by Gasteiger charge is 2.31. The maximum atomic E-state index is 6.02. The van der Waals surface area contributed by atoms with Crippen LogP contribution in [0.4, 0.5) is 0 Å². The summed E-state index contributed by atoms with van der Waals surface area (Å²) in [5, 5.41) is 12.1. The summed E-state index contributed by atoms with van der Waals surface area (Å²) in [7, 11) is 0. The van der Waals surface area contributed by atoms with Crippen LogP contribution in [0.3, 0.4) is 0 Å². The van der Waals surface area contributed by atoms with Crippen LogP contribution in [0.15, 0.2) is 22.5 Å². The molecule has 0 N–H and O–H groups in total. The molecule has 8 heteroatoms. The summed E-state index contributed by atoms with van der Waals surface area (Å²) in [4.78, 5) is 7.35. The zero-order chi connectivity index (χ0) is 19.2. The first-order valence-electron chi connectivity index (χ1n) is 9.13. The molecule has 0 fully saturated rings. The van der Waals surface area contributed by atoms with Gasteiger partial charge in [-0.3, -0.25) is 0 Å². The number of hydrogen-bond donors (Lipinski definition) is 0. The molecule has 0 unspecified atom stereocenters. The van der Waals surface area contributed by atoms with Crippen LogP contribution in [-0.4, -0.2) is 36.7 Å². The molecule has 0 atom stereocenters. The number of thioether (sulfide) groups is 2. The number of aromatic nitrogens is 4. The van der Waals surface area contributed by atoms with E-state index in [-0.39, 0.29) is 5.60 Å². The molecule has 4 heterocycles. The maximum Gasteiger partial charge on any atom is 0.198 e. The van der Waals surface area contributed by atoms with Gasteiger partial charge in [0.15, 0.2) is 16.0 Å². The van der Waals surface area contributed by atoms with Crippen LogP contribution in [0.5, 0.6) is 0 Å². The van der Waals surface area contributed by atoms with Crippen molar-refractivity contribution in [2.24, 2.45) is 0 Å². The Bertz CT molecular complexity index is 1020. The fourth-order valence-corrected chi connectivity index (χ4v) is 5.99. The summed E-state index contributed by atoms with van der Waals surface area (Å²) in [6.07, 6.45) is 1.98. The molecular weight excluding hydrogens is 396 g/mol. The topological polar surface area (TPSA) is 52.3 Å². The average Bonchev–Trinajstić information content (AvgIpc) is 3.17. The van der Waals surface area contributed by atoms with E-state index in [0.717, 1.165) is 56.1 Å². The third kappa shape index (κ3) is 3.64. The fraction of sp³-hybridized carbons (Fsp3) is 0.526. The third-order valence-electron chi connectivity index (χ3n) is 4.40. The van der Waals surface area contributed by atoms with Crippen molar-refractivity contribution in [3.05, 3.63) is 22.6 Å². The molecular formula is C19H24N4OS3. The monoisotopic (exact) mass is 420 g/mol. The second kappa shape index (κ2) is 7.39. The van der Waals surface area contributed by atoms with Gasteiger partial charge in [-0.2, -0.15) is 0 Å². The summed E-state index contributed by atoms with van der Waals surface area (Å²) in [6.45, 7) is 13.2. The first-order chi connectivity index (χ1) is 12.9. The second-order valence-electron chi connectivity index (χ2n) is 7.54. The van der Waals surface area contributed by atoms with Gasteiger partial charge in [0.1, 0.15) is 4.83 Å². The SMILES string of the molecule is C=C(C)CSc1nnc2c3c4c(sc3nc(SCCC)n12)COC(C)(C)C4. The molecule has 27 heavy (non-hydrogen) atoms. The average molecular weight is 421 g/mol. The molecule has 3 aromatic heterocycles. The van der Waals surface area contributed by atoms with Crippen LogP contribution >= 0.6 is 34.9 Å². The van der Waals surface area contributed by atoms with Gasteiger partial charge >= 0.3 is 0 Å². The standard InChI is InChI=1S/C19H24N4OS3/c1-6-7-25-17-20-16-14(12-8-19(4,5)24-9-13(12)27-16)15-21-22-18(23(15)17)26-10-11(2)3/h2,6-10H2,1,3-5H3. The largest absolute Gasteiger partial charge is 0.370 e. The molecule has 0 bridgehead atoms. The van der Waals surface area contributed by atoms with Crippen LogP contribution in [0.1, 0.15) is 44.6 Å². The lowest BCUT2D eigenvalue weighted by molar-refractivity contribution is -0.0379. The summed E-state index contributed by atoms with van der Waals surface area (Å²) in [5.41, 5.74) is 3.23. The van der Waals surface area contributed by atoms with E-state index < -0.39 is 0 Å². The minimum atomic E-state index is -0.162. The van der Waals surface area contributed by atoms with Gasteiger partial charge in [-0.25, -0.2) is 9.38 Å². The van der Waals surface area contributed by atoms with Gasteiger partial charge in [0.2, 0.25) is 0 Å². The van der Waals surface area contributed by atoms with Crippen molar-refractivity contribution in [3.63, 3.8) is 0 Å². The van der Waals surface area contributed by atoms with E-state index in [4.69, 9.17) is 9.72 Å². The van der Waals surface area contributed by atoms with E-state index in [1.165, 1.54) is 10.4 Å². The van der Waals surface area contributed by atoms with Crippen molar-refractivity contribution in [2.75, 3.05) is 11.5 Å². The normalized spacial score (nSPS) is 16.1. The van der Waals surface area contributed by atoms with Crippen LogP contribution in [0, 0.1) is 0 Å². The highest BCUT2D eigenvalue weighted by molar-refractivity contribution is 7.99. The molecule has 0 saturated heterocycles. The van der Waals surface area contributed by atoms with Crippen molar-refractivity contribution in [1.82, 2.24) is 19.6 Å². The Morgan fingerprint density at radius 2 is 2.11 bits per heavy atom. The zero-order valence-electron chi connectivity index (χ0n) is 16.2. The van der Waals surface area contributed by atoms with Gasteiger partial charge in [0.05, 0.1) is 17.6 Å². The summed E-state index contributed by atoms with van der Waals surface area (Å²) < 4.78 is 8.16. The maximum absolute atomic E-state index is 6.02. The summed E-state index contributed by atoms with van der Waals surface area (Å²) in [6, 6.07) is 0. The van der Waals surface area contributed by atoms with Crippen LogP contribution in [0.25, 0.3) is 15.9 Å². The Morgan fingerprint density at radius 1 is 1.30 bits per heavy atom. The van der Waals surface area contributed by atoms with Gasteiger partial charge in [0.25, 0.3) is 0 Å². The number of thiophene rings is 1. The lowest BCUT2D eigenvalue weighted by Crippen LogP contribution is -2.31. The van der Waals surface area contributed by atoms with E-state index in [2.05, 4.69) is 41.9 Å². The molecule has 0 saturated carbocycles. The van der Waals surface area contributed by atoms with E-state index >= 15 is 0 Å². The van der Waals surface area contributed by atoms with E-state index in [1.54, 1.807) is 34.9 Å². The van der Waals surface area contributed by atoms with Gasteiger partial charge in [0, 0.05) is 22.8 Å². The Hall–Kier alpha value is -1.09. The molecule has 0 radical (unpaired) electrons. The summed E-state index contributed by atoms with van der Waals surface area (Å²) >= 11 is 5.19. The second-order valence-corrected chi connectivity index (χ2v) is 10.6. The number of rotatable bonds is 6. The van der Waals surface area contributed by atoms with E-state index in [0.29, 0.717) is 6.61 Å². The van der Waals surface area contributed by atoms with Gasteiger partial charge in [-0.05, 0) is 32.8 Å². The van der Waals surface area contributed by atoms with E-state index in [9.17, 15) is 0 Å². The Morgan fingerprint density at radius 3 is 2.85 bits per heavy atom. The predicted molar refractivity (Wildman–Crippen MR) is 115 cm³/mol. The number of nitrogens with zero attached hydrogens (tertiary/aromatic N) is 4. The van der Waals surface area contributed by atoms with Crippen molar-refractivity contribution < 1.29 is 4.74 Å². The molecule has 144 valence electrons. The molecule has 0 spiro atoms. The molecule has 5 nitrogen and oxygen atoms in total. The quantitative estimate of drug-likeness (QED) is 0.304. The van der Waals surface area contributed by atoms with Gasteiger partial charge < -0.3 is 4.74 Å². The fourth-order valence-electron chi connectivity index (χ4n) is 3.16. The molecule has 0 aromatic carbocycles. The number of ether oxygens (including phenoxy) is 1. The van der Waals surface area contributed by atoms with Crippen molar-refractivity contribution in [3.8, 4) is 0 Å². The smallest absolute Gasteiger partial charge is 0.198 e. The first-order valence-corrected chi connectivity index (χ1v) is 11.9. The Labute approximate surface area is 172 Å². The predicted octanol–water partition coefficient (Wildman–Crippen LogP) is 5.36. The third-order valence-corrected chi connectivity index (χ3v) is 7.80. The Balaban J connectivity index is 1.92. The van der Waals surface area contributed by atoms with Crippen molar-refractivity contribution in [1.29, 1.82) is 0 Å². The van der Waals surface area contributed by atoms with Crippen LogP contribution in [0.2, 0.25) is 0 Å². The minimum Gasteiger partial charge on any atom is -0.370 e. The number of fused-ring (bicyclic) bond motifs is 5. The molecule has 1 aliphatic rings. The highest BCUT2D eigenvalue weighted by atomic mass is 32.2. The molecule has 0 aliphatic carbocycles. The lowest BCUT2D eigenvalue weighted by Gasteiger charge is -2.30. The van der Waals surface area contributed by atoms with Gasteiger partial charge in [-0.1, -0.05) is 42.6 Å². The molecule has 3 aromatic rings. The highest BCUT2D eigenvalue weighted by Crippen LogP contribution is 2.41. The van der Waals surface area contributed by atoms with E-state index in [1.807, 2.05) is 6.92 Å². The van der Waals surface area contributed by atoms with Crippen LogP contribution in [-0.2, 0) is 17.8 Å². The van der Waals surface area contributed by atoms with Crippen molar-refractivity contribution >= 4 is 50.7 Å². The first kappa shape index (κ1) is 19.2. The minimum absolute atomic E-state index is 0.162.